The first-order valence-corrected chi connectivity index (χ1v) is 6.14. The van der Waals surface area contributed by atoms with Crippen molar-refractivity contribution in [2.24, 2.45) is 0 Å². The van der Waals surface area contributed by atoms with Gasteiger partial charge in [0.1, 0.15) is 5.60 Å². The van der Waals surface area contributed by atoms with Crippen LogP contribution in [-0.4, -0.2) is 29.5 Å². The Kier molecular flexibility index (Phi) is 3.21. The molecule has 15 heavy (non-hydrogen) atoms. The number of hydrogen-bond donors (Lipinski definition) is 1. The van der Waals surface area contributed by atoms with Crippen LogP contribution in [-0.2, 0) is 9.53 Å². The molecule has 0 aromatic heterocycles. The number of nitrogens with one attached hydrogen (secondary N) is 1. The molecular formula is C11H18ClNO2. The monoisotopic (exact) mass is 231 g/mol. The van der Waals surface area contributed by atoms with Crippen molar-refractivity contribution in [3.05, 3.63) is 0 Å². The average molecular weight is 232 g/mol. The van der Waals surface area contributed by atoms with Crippen molar-refractivity contribution >= 4 is 17.5 Å². The van der Waals surface area contributed by atoms with Crippen LogP contribution in [0.5, 0.6) is 0 Å². The highest BCUT2D eigenvalue weighted by Crippen LogP contribution is 2.28. The first-order valence-electron chi connectivity index (χ1n) is 5.71. The molecule has 0 aromatic rings. The van der Waals surface area contributed by atoms with Crippen LogP contribution in [0.2, 0.25) is 0 Å². The fraction of sp³-hybridized carbons (Fsp3) is 0.909. The molecule has 2 aliphatic rings. The summed E-state index contributed by atoms with van der Waals surface area (Å²) >= 11 is 6.12. The van der Waals surface area contributed by atoms with Gasteiger partial charge in [-0.25, -0.2) is 0 Å². The standard InChI is InChI=1S/C11H18ClNO2/c1-11(6-3-7-15-11)10(14)13-9-5-2-4-8(9)12/h8-9H,2-7H2,1H3,(H,13,14). The zero-order valence-corrected chi connectivity index (χ0v) is 9.85. The minimum atomic E-state index is -0.612. The Morgan fingerprint density at radius 2 is 2.27 bits per heavy atom. The van der Waals surface area contributed by atoms with E-state index < -0.39 is 5.60 Å². The molecule has 0 bridgehead atoms. The van der Waals surface area contributed by atoms with Crippen molar-refractivity contribution in [1.82, 2.24) is 5.32 Å². The summed E-state index contributed by atoms with van der Waals surface area (Å²) in [7, 11) is 0. The summed E-state index contributed by atoms with van der Waals surface area (Å²) in [5.41, 5.74) is -0.612. The molecule has 0 radical (unpaired) electrons. The molecule has 1 heterocycles. The van der Waals surface area contributed by atoms with Gasteiger partial charge in [-0.2, -0.15) is 0 Å². The first kappa shape index (κ1) is 11.2. The fourth-order valence-electron chi connectivity index (χ4n) is 2.36. The maximum absolute atomic E-state index is 12.0. The van der Waals surface area contributed by atoms with Crippen molar-refractivity contribution in [2.45, 2.75) is 56.0 Å². The summed E-state index contributed by atoms with van der Waals surface area (Å²) in [6, 6.07) is 0.139. The summed E-state index contributed by atoms with van der Waals surface area (Å²) in [6.45, 7) is 2.56. The highest BCUT2D eigenvalue weighted by Gasteiger charge is 2.39. The molecule has 3 atom stereocenters. The molecule has 1 saturated heterocycles. The van der Waals surface area contributed by atoms with E-state index in [2.05, 4.69) is 5.32 Å². The zero-order chi connectivity index (χ0) is 10.9. The molecular weight excluding hydrogens is 214 g/mol. The first-order chi connectivity index (χ1) is 7.12. The van der Waals surface area contributed by atoms with Gasteiger partial charge >= 0.3 is 0 Å². The minimum Gasteiger partial charge on any atom is -0.365 e. The number of hydrogen-bond acceptors (Lipinski definition) is 2. The number of ether oxygens (including phenoxy) is 1. The van der Waals surface area contributed by atoms with Crippen LogP contribution in [0.15, 0.2) is 0 Å². The maximum atomic E-state index is 12.0. The van der Waals surface area contributed by atoms with E-state index in [-0.39, 0.29) is 17.3 Å². The number of alkyl halides is 1. The van der Waals surface area contributed by atoms with E-state index in [0.29, 0.717) is 6.61 Å². The molecule has 1 N–H and O–H groups in total. The predicted octanol–water partition coefficient (Wildman–Crippen LogP) is 1.83. The third-order valence-electron chi connectivity index (χ3n) is 3.45. The fourth-order valence-corrected chi connectivity index (χ4v) is 2.70. The lowest BCUT2D eigenvalue weighted by atomic mass is 10.0. The molecule has 2 fully saturated rings. The number of carbonyl (C=O) groups excluding carboxylic acids is 1. The lowest BCUT2D eigenvalue weighted by Gasteiger charge is -2.25. The van der Waals surface area contributed by atoms with Gasteiger partial charge in [0.25, 0.3) is 5.91 Å². The van der Waals surface area contributed by atoms with E-state index in [9.17, 15) is 4.79 Å². The molecule has 1 saturated carbocycles. The van der Waals surface area contributed by atoms with Crippen LogP contribution in [0.25, 0.3) is 0 Å². The molecule has 2 rings (SSSR count). The van der Waals surface area contributed by atoms with Gasteiger partial charge in [0.15, 0.2) is 0 Å². The molecule has 3 unspecified atom stereocenters. The van der Waals surface area contributed by atoms with E-state index in [4.69, 9.17) is 16.3 Å². The maximum Gasteiger partial charge on any atom is 0.252 e. The van der Waals surface area contributed by atoms with Crippen molar-refractivity contribution in [3.8, 4) is 0 Å². The minimum absolute atomic E-state index is 0.0116. The highest BCUT2D eigenvalue weighted by atomic mass is 35.5. The Hall–Kier alpha value is -0.280. The molecule has 86 valence electrons. The quantitative estimate of drug-likeness (QED) is 0.737. The Balaban J connectivity index is 1.91. The van der Waals surface area contributed by atoms with Gasteiger partial charge < -0.3 is 10.1 Å². The highest BCUT2D eigenvalue weighted by molar-refractivity contribution is 6.21. The molecule has 4 heteroatoms. The Morgan fingerprint density at radius 3 is 2.80 bits per heavy atom. The van der Waals surface area contributed by atoms with Crippen LogP contribution in [0, 0.1) is 0 Å². The summed E-state index contributed by atoms with van der Waals surface area (Å²) in [5, 5.41) is 3.11. The second kappa shape index (κ2) is 4.30. The van der Waals surface area contributed by atoms with E-state index in [0.717, 1.165) is 32.1 Å². The van der Waals surface area contributed by atoms with E-state index >= 15 is 0 Å². The van der Waals surface area contributed by atoms with Crippen molar-refractivity contribution in [1.29, 1.82) is 0 Å². The van der Waals surface area contributed by atoms with Crippen molar-refractivity contribution < 1.29 is 9.53 Å². The van der Waals surface area contributed by atoms with Gasteiger partial charge in [-0.05, 0) is 39.0 Å². The number of rotatable bonds is 2. The van der Waals surface area contributed by atoms with Gasteiger partial charge in [-0.1, -0.05) is 0 Å². The van der Waals surface area contributed by atoms with E-state index in [1.807, 2.05) is 6.92 Å². The molecule has 0 spiro atoms. The Morgan fingerprint density at radius 1 is 1.47 bits per heavy atom. The smallest absolute Gasteiger partial charge is 0.252 e. The number of carbonyl (C=O) groups is 1. The zero-order valence-electron chi connectivity index (χ0n) is 9.09. The second-order valence-corrected chi connectivity index (χ2v) is 5.27. The molecule has 1 aliphatic heterocycles. The van der Waals surface area contributed by atoms with E-state index in [1.54, 1.807) is 0 Å². The third-order valence-corrected chi connectivity index (χ3v) is 3.97. The summed E-state index contributed by atoms with van der Waals surface area (Å²) in [4.78, 5) is 12.0. The molecule has 0 aromatic carbocycles. The van der Waals surface area contributed by atoms with Crippen LogP contribution >= 0.6 is 11.6 Å². The average Bonchev–Trinajstić information content (AvgIpc) is 2.78. The van der Waals surface area contributed by atoms with Crippen LogP contribution in [0.4, 0.5) is 0 Å². The lowest BCUT2D eigenvalue weighted by molar-refractivity contribution is -0.140. The summed E-state index contributed by atoms with van der Waals surface area (Å²) < 4.78 is 5.49. The molecule has 3 nitrogen and oxygen atoms in total. The van der Waals surface area contributed by atoms with E-state index in [1.165, 1.54) is 0 Å². The SMILES string of the molecule is CC1(C(=O)NC2CCCC2Cl)CCCO1. The third kappa shape index (κ3) is 2.28. The van der Waals surface area contributed by atoms with Crippen LogP contribution in [0.3, 0.4) is 0 Å². The Bertz CT molecular complexity index is 251. The second-order valence-electron chi connectivity index (χ2n) is 4.71. The molecule has 1 amide bonds. The van der Waals surface area contributed by atoms with Crippen LogP contribution in [0.1, 0.15) is 39.0 Å². The van der Waals surface area contributed by atoms with Gasteiger partial charge in [-0.3, -0.25) is 4.79 Å². The molecule has 1 aliphatic carbocycles. The number of amides is 1. The largest absolute Gasteiger partial charge is 0.365 e. The lowest BCUT2D eigenvalue weighted by Crippen LogP contribution is -2.49. The normalized spacial score (nSPS) is 40.7. The van der Waals surface area contributed by atoms with Gasteiger partial charge in [-0.15, -0.1) is 11.6 Å². The Labute approximate surface area is 95.5 Å². The van der Waals surface area contributed by atoms with Gasteiger partial charge in [0.05, 0.1) is 5.38 Å². The van der Waals surface area contributed by atoms with Crippen molar-refractivity contribution in [2.75, 3.05) is 6.61 Å². The topological polar surface area (TPSA) is 38.3 Å². The number of halogens is 1. The van der Waals surface area contributed by atoms with Crippen molar-refractivity contribution in [3.63, 3.8) is 0 Å². The predicted molar refractivity (Wildman–Crippen MR) is 59.0 cm³/mol. The summed E-state index contributed by atoms with van der Waals surface area (Å²) in [6.07, 6.45) is 4.90. The van der Waals surface area contributed by atoms with Gasteiger partial charge in [0.2, 0.25) is 0 Å². The van der Waals surface area contributed by atoms with Gasteiger partial charge in [0, 0.05) is 12.6 Å². The summed E-state index contributed by atoms with van der Waals surface area (Å²) in [5.74, 6) is 0.0116. The van der Waals surface area contributed by atoms with Crippen LogP contribution < -0.4 is 5.32 Å².